The first-order valence-corrected chi connectivity index (χ1v) is 14.1. The second-order valence-electron chi connectivity index (χ2n) is 9.70. The lowest BCUT2D eigenvalue weighted by Crippen LogP contribution is -2.54. The molecule has 2 unspecified atom stereocenters. The molecule has 1 N–H and O–H groups in total. The van der Waals surface area contributed by atoms with Gasteiger partial charge in [-0.05, 0) is 56.3 Å². The SMILES string of the molecule is CC(c1ccc(F)cc1F)N1CCN(C(=O)c2ccc(NS(=O)(=O)c3cccc4cccnc34)cc2)C(C)C1. The molecular formula is C29H28F2N4O3S. The van der Waals surface area contributed by atoms with Crippen LogP contribution in [-0.4, -0.2) is 54.8 Å². The fraction of sp³-hybridized carbons (Fsp3) is 0.241. The van der Waals surface area contributed by atoms with Crippen molar-refractivity contribution in [3.63, 3.8) is 0 Å². The topological polar surface area (TPSA) is 82.6 Å². The lowest BCUT2D eigenvalue weighted by Gasteiger charge is -2.42. The summed E-state index contributed by atoms with van der Waals surface area (Å²) in [5.41, 5.74) is 1.56. The summed E-state index contributed by atoms with van der Waals surface area (Å²) in [6, 6.07) is 18.0. The van der Waals surface area contributed by atoms with E-state index in [4.69, 9.17) is 0 Å². The molecule has 1 amide bonds. The Hall–Kier alpha value is -3.89. The van der Waals surface area contributed by atoms with Crippen molar-refractivity contribution in [2.24, 2.45) is 0 Å². The molecule has 0 radical (unpaired) electrons. The smallest absolute Gasteiger partial charge is 0.264 e. The Morgan fingerprint density at radius 2 is 1.77 bits per heavy atom. The molecule has 1 fully saturated rings. The molecule has 4 aromatic rings. The maximum absolute atomic E-state index is 14.3. The van der Waals surface area contributed by atoms with Crippen molar-refractivity contribution < 1.29 is 22.0 Å². The first-order chi connectivity index (χ1) is 18.6. The van der Waals surface area contributed by atoms with Crippen molar-refractivity contribution >= 4 is 32.5 Å². The molecule has 7 nitrogen and oxygen atoms in total. The average Bonchev–Trinajstić information content (AvgIpc) is 2.92. The van der Waals surface area contributed by atoms with Gasteiger partial charge in [-0.3, -0.25) is 19.4 Å². The fourth-order valence-corrected chi connectivity index (χ4v) is 6.27. The van der Waals surface area contributed by atoms with Gasteiger partial charge in [0.25, 0.3) is 15.9 Å². The van der Waals surface area contributed by atoms with Crippen molar-refractivity contribution in [2.75, 3.05) is 24.4 Å². The molecule has 2 heterocycles. The number of fused-ring (bicyclic) bond motifs is 1. The minimum atomic E-state index is -3.91. The van der Waals surface area contributed by atoms with Crippen LogP contribution in [0.15, 0.2) is 83.9 Å². The van der Waals surface area contributed by atoms with Gasteiger partial charge in [-0.1, -0.05) is 24.3 Å². The molecule has 0 aliphatic carbocycles. The monoisotopic (exact) mass is 550 g/mol. The Morgan fingerprint density at radius 3 is 2.49 bits per heavy atom. The number of amides is 1. The summed E-state index contributed by atoms with van der Waals surface area (Å²) >= 11 is 0. The summed E-state index contributed by atoms with van der Waals surface area (Å²) in [4.78, 5) is 21.4. The van der Waals surface area contributed by atoms with E-state index in [-0.39, 0.29) is 22.9 Å². The second-order valence-corrected chi connectivity index (χ2v) is 11.3. The van der Waals surface area contributed by atoms with Crippen molar-refractivity contribution in [3.05, 3.63) is 102 Å². The van der Waals surface area contributed by atoms with Crippen LogP contribution < -0.4 is 4.72 Å². The van der Waals surface area contributed by atoms with E-state index in [9.17, 15) is 22.0 Å². The number of halogens is 2. The van der Waals surface area contributed by atoms with Gasteiger partial charge < -0.3 is 4.90 Å². The minimum Gasteiger partial charge on any atom is -0.333 e. The number of aromatic nitrogens is 1. The first-order valence-electron chi connectivity index (χ1n) is 12.6. The Bertz CT molecular complexity index is 1620. The zero-order valence-corrected chi connectivity index (χ0v) is 22.3. The van der Waals surface area contributed by atoms with Crippen LogP contribution in [0.2, 0.25) is 0 Å². The van der Waals surface area contributed by atoms with Gasteiger partial charge in [-0.2, -0.15) is 0 Å². The van der Waals surface area contributed by atoms with Gasteiger partial charge >= 0.3 is 0 Å². The summed E-state index contributed by atoms with van der Waals surface area (Å²) in [5.74, 6) is -1.37. The van der Waals surface area contributed by atoms with E-state index in [1.165, 1.54) is 18.2 Å². The van der Waals surface area contributed by atoms with E-state index in [0.717, 1.165) is 6.07 Å². The van der Waals surface area contributed by atoms with Crippen LogP contribution in [-0.2, 0) is 10.0 Å². The highest BCUT2D eigenvalue weighted by atomic mass is 32.2. The summed E-state index contributed by atoms with van der Waals surface area (Å²) in [5, 5.41) is 0.715. The number of rotatable bonds is 6. The molecule has 1 aromatic heterocycles. The van der Waals surface area contributed by atoms with Crippen LogP contribution in [0.4, 0.5) is 14.5 Å². The maximum atomic E-state index is 14.3. The number of nitrogens with one attached hydrogen (secondary N) is 1. The van der Waals surface area contributed by atoms with Gasteiger partial charge in [-0.15, -0.1) is 0 Å². The minimum absolute atomic E-state index is 0.0715. The molecule has 202 valence electrons. The normalized spacial score (nSPS) is 17.2. The Kier molecular flexibility index (Phi) is 7.33. The molecular weight excluding hydrogens is 522 g/mol. The maximum Gasteiger partial charge on any atom is 0.264 e. The van der Waals surface area contributed by atoms with Gasteiger partial charge in [0.15, 0.2) is 0 Å². The van der Waals surface area contributed by atoms with Crippen molar-refractivity contribution in [2.45, 2.75) is 30.8 Å². The predicted molar refractivity (Wildman–Crippen MR) is 146 cm³/mol. The van der Waals surface area contributed by atoms with Crippen LogP contribution in [0.25, 0.3) is 10.9 Å². The van der Waals surface area contributed by atoms with E-state index < -0.39 is 21.7 Å². The number of sulfonamides is 1. The molecule has 0 spiro atoms. The quantitative estimate of drug-likeness (QED) is 0.356. The first kappa shape index (κ1) is 26.7. The number of piperazine rings is 1. The lowest BCUT2D eigenvalue weighted by atomic mass is 10.0. The lowest BCUT2D eigenvalue weighted by molar-refractivity contribution is 0.0402. The largest absolute Gasteiger partial charge is 0.333 e. The number of carbonyl (C=O) groups is 1. The molecule has 2 atom stereocenters. The van der Waals surface area contributed by atoms with Gasteiger partial charge in [0.1, 0.15) is 16.5 Å². The summed E-state index contributed by atoms with van der Waals surface area (Å²) in [7, 11) is -3.91. The van der Waals surface area contributed by atoms with Crippen molar-refractivity contribution in [1.29, 1.82) is 0 Å². The highest BCUT2D eigenvalue weighted by Crippen LogP contribution is 2.27. The van der Waals surface area contributed by atoms with E-state index >= 15 is 0 Å². The fourth-order valence-electron chi connectivity index (χ4n) is 5.03. The average molecular weight is 551 g/mol. The molecule has 5 rings (SSSR count). The van der Waals surface area contributed by atoms with Crippen molar-refractivity contribution in [1.82, 2.24) is 14.8 Å². The van der Waals surface area contributed by atoms with E-state index in [1.54, 1.807) is 59.6 Å². The standard InChI is InChI=1S/C29H28F2N4O3S/c1-19-18-34(20(2)25-13-10-23(30)17-26(25)31)15-16-35(19)29(36)22-8-11-24(12-9-22)33-39(37,38)27-7-3-5-21-6-4-14-32-28(21)27/h3-14,17,19-20,33H,15-16,18H2,1-2H3. The predicted octanol–water partition coefficient (Wildman–Crippen LogP) is 5.22. The number of benzene rings is 3. The van der Waals surface area contributed by atoms with Crippen LogP contribution in [0, 0.1) is 11.6 Å². The summed E-state index contributed by atoms with van der Waals surface area (Å²) in [6.45, 7) is 5.30. The zero-order chi connectivity index (χ0) is 27.7. The van der Waals surface area contributed by atoms with E-state index in [2.05, 4.69) is 14.6 Å². The number of pyridine rings is 1. The number of hydrogen-bond donors (Lipinski definition) is 1. The van der Waals surface area contributed by atoms with Gasteiger partial charge in [0, 0.05) is 66.2 Å². The van der Waals surface area contributed by atoms with Crippen LogP contribution in [0.3, 0.4) is 0 Å². The number of carbonyl (C=O) groups excluding carboxylic acids is 1. The zero-order valence-electron chi connectivity index (χ0n) is 21.5. The molecule has 0 saturated carbocycles. The molecule has 39 heavy (non-hydrogen) atoms. The molecule has 1 saturated heterocycles. The van der Waals surface area contributed by atoms with Crippen LogP contribution in [0.1, 0.15) is 35.8 Å². The van der Waals surface area contributed by atoms with Gasteiger partial charge in [0.2, 0.25) is 0 Å². The number of nitrogens with zero attached hydrogens (tertiary/aromatic N) is 3. The van der Waals surface area contributed by atoms with Crippen molar-refractivity contribution in [3.8, 4) is 0 Å². The van der Waals surface area contributed by atoms with E-state index in [1.807, 2.05) is 13.8 Å². The van der Waals surface area contributed by atoms with Gasteiger partial charge in [0.05, 0.1) is 5.52 Å². The Balaban J connectivity index is 1.26. The Labute approximate surface area is 226 Å². The summed E-state index contributed by atoms with van der Waals surface area (Å²) < 4.78 is 56.4. The Morgan fingerprint density at radius 1 is 1.03 bits per heavy atom. The van der Waals surface area contributed by atoms with Crippen LogP contribution in [0.5, 0.6) is 0 Å². The molecule has 0 bridgehead atoms. The molecule has 1 aliphatic heterocycles. The number of anilines is 1. The molecule has 10 heteroatoms. The van der Waals surface area contributed by atoms with Gasteiger partial charge in [-0.25, -0.2) is 17.2 Å². The third-order valence-electron chi connectivity index (χ3n) is 7.15. The summed E-state index contributed by atoms with van der Waals surface area (Å²) in [6.07, 6.45) is 1.55. The number of para-hydroxylation sites is 1. The molecule has 3 aromatic carbocycles. The number of hydrogen-bond acceptors (Lipinski definition) is 5. The highest BCUT2D eigenvalue weighted by Gasteiger charge is 2.31. The second kappa shape index (κ2) is 10.7. The molecule has 1 aliphatic rings. The third-order valence-corrected chi connectivity index (χ3v) is 8.56. The van der Waals surface area contributed by atoms with Crippen LogP contribution >= 0.6 is 0 Å². The third kappa shape index (κ3) is 5.48. The highest BCUT2D eigenvalue weighted by molar-refractivity contribution is 7.93. The van der Waals surface area contributed by atoms with E-state index in [0.29, 0.717) is 47.4 Å².